The summed E-state index contributed by atoms with van der Waals surface area (Å²) >= 11 is 0. The number of aromatic nitrogens is 4. The van der Waals surface area contributed by atoms with Crippen molar-refractivity contribution < 1.29 is 9.84 Å². The second-order valence-corrected chi connectivity index (χ2v) is 9.51. The average molecular weight is 466 g/mol. The van der Waals surface area contributed by atoms with Gasteiger partial charge in [-0.15, -0.1) is 5.10 Å². The van der Waals surface area contributed by atoms with Crippen LogP contribution in [0.1, 0.15) is 44.2 Å². The average Bonchev–Trinajstić information content (AvgIpc) is 3.24. The van der Waals surface area contributed by atoms with E-state index in [1.54, 1.807) is 7.11 Å². The Morgan fingerprint density at radius 3 is 2.74 bits per heavy atom. The zero-order valence-electron chi connectivity index (χ0n) is 20.1. The number of nitrogens with zero attached hydrogens (tertiary/aromatic N) is 5. The van der Waals surface area contributed by atoms with Gasteiger partial charge in [0.25, 0.3) is 0 Å². The zero-order chi connectivity index (χ0) is 23.5. The van der Waals surface area contributed by atoms with Gasteiger partial charge in [0, 0.05) is 62.7 Å². The number of aliphatic hydroxyl groups excluding tert-OH is 1. The first-order valence-electron chi connectivity index (χ1n) is 12.4. The smallest absolute Gasteiger partial charge is 0.241 e. The lowest BCUT2D eigenvalue weighted by atomic mass is 9.85. The first-order valence-corrected chi connectivity index (χ1v) is 12.4. The molecule has 9 heteroatoms. The van der Waals surface area contributed by atoms with Crippen molar-refractivity contribution in [2.75, 3.05) is 50.1 Å². The maximum atomic E-state index is 10.0. The summed E-state index contributed by atoms with van der Waals surface area (Å²) in [5, 5.41) is 21.7. The molecule has 0 radical (unpaired) electrons. The Morgan fingerprint density at radius 1 is 1.18 bits per heavy atom. The molecule has 0 aromatic carbocycles. The fourth-order valence-electron chi connectivity index (χ4n) is 5.14. The van der Waals surface area contributed by atoms with Gasteiger partial charge in [-0.2, -0.15) is 0 Å². The van der Waals surface area contributed by atoms with Gasteiger partial charge >= 0.3 is 0 Å². The molecular weight excluding hydrogens is 430 g/mol. The molecule has 2 fully saturated rings. The molecule has 1 aliphatic heterocycles. The molecule has 1 saturated heterocycles. The maximum absolute atomic E-state index is 10.0. The number of hydrogen-bond acceptors (Lipinski definition) is 8. The molecule has 1 atom stereocenters. The third-order valence-corrected chi connectivity index (χ3v) is 6.95. The fourth-order valence-corrected chi connectivity index (χ4v) is 5.14. The summed E-state index contributed by atoms with van der Waals surface area (Å²) in [7, 11) is 1.69. The van der Waals surface area contributed by atoms with Crippen LogP contribution in [0.5, 0.6) is 0 Å². The van der Waals surface area contributed by atoms with Crippen molar-refractivity contribution in [1.29, 1.82) is 0 Å². The molecule has 3 N–H and O–H groups in total. The van der Waals surface area contributed by atoms with Crippen LogP contribution < -0.4 is 15.5 Å². The van der Waals surface area contributed by atoms with Crippen LogP contribution in [0.4, 0.5) is 11.8 Å². The Bertz CT molecular complexity index is 1100. The van der Waals surface area contributed by atoms with Gasteiger partial charge < -0.3 is 25.4 Å². The SMILES string of the molecule is COC[C@H](C)Nc1ncc2c(-c3ccnc(N4CCNCC4)c3)cc(C3CCC(O)CC3)n2n1. The van der Waals surface area contributed by atoms with E-state index in [2.05, 4.69) is 55.1 Å². The van der Waals surface area contributed by atoms with Gasteiger partial charge in [0.05, 0.1) is 24.4 Å². The number of fused-ring (bicyclic) bond motifs is 1. The first-order chi connectivity index (χ1) is 16.6. The molecule has 9 nitrogen and oxygen atoms in total. The van der Waals surface area contributed by atoms with Crippen LogP contribution >= 0.6 is 0 Å². The number of rotatable bonds is 7. The monoisotopic (exact) mass is 465 g/mol. The molecule has 0 spiro atoms. The van der Waals surface area contributed by atoms with E-state index in [9.17, 15) is 5.11 Å². The quantitative estimate of drug-likeness (QED) is 0.490. The highest BCUT2D eigenvalue weighted by Gasteiger charge is 2.26. The lowest BCUT2D eigenvalue weighted by Crippen LogP contribution is -2.43. The number of nitrogens with one attached hydrogen (secondary N) is 2. The van der Waals surface area contributed by atoms with Gasteiger partial charge in [-0.3, -0.25) is 0 Å². The molecule has 3 aromatic heterocycles. The Hall–Kier alpha value is -2.75. The van der Waals surface area contributed by atoms with Crippen molar-refractivity contribution >= 4 is 17.3 Å². The standard InChI is InChI=1S/C25H35N7O2/c1-17(16-34-2)29-25-28-15-23-21(14-22(32(23)30-25)18-3-5-20(33)6-4-18)19-7-8-27-24(13-19)31-11-9-26-10-12-31/h7-8,13-15,17-18,20,26,33H,3-6,9-12,16H2,1-2H3,(H,29,30)/t17-,18?,20?/m0/s1. The molecule has 182 valence electrons. The van der Waals surface area contributed by atoms with E-state index < -0.39 is 0 Å². The summed E-state index contributed by atoms with van der Waals surface area (Å²) in [5.41, 5.74) is 4.42. The van der Waals surface area contributed by atoms with Crippen LogP contribution in [-0.2, 0) is 4.74 Å². The van der Waals surface area contributed by atoms with Crippen LogP contribution in [0.25, 0.3) is 16.6 Å². The van der Waals surface area contributed by atoms with Crippen LogP contribution in [-0.4, -0.2) is 76.7 Å². The van der Waals surface area contributed by atoms with E-state index >= 15 is 0 Å². The van der Waals surface area contributed by atoms with Crippen molar-refractivity contribution in [2.45, 2.75) is 50.7 Å². The number of anilines is 2. The summed E-state index contributed by atoms with van der Waals surface area (Å²) in [6, 6.07) is 6.63. The normalized spacial score (nSPS) is 22.1. The number of hydrogen-bond donors (Lipinski definition) is 3. The number of methoxy groups -OCH3 is 1. The lowest BCUT2D eigenvalue weighted by molar-refractivity contribution is 0.121. The van der Waals surface area contributed by atoms with Crippen LogP contribution in [0.3, 0.4) is 0 Å². The molecule has 1 aliphatic carbocycles. The molecule has 3 aromatic rings. The molecule has 0 amide bonds. The summed E-state index contributed by atoms with van der Waals surface area (Å²) in [5.74, 6) is 1.96. The van der Waals surface area contributed by atoms with Crippen molar-refractivity contribution in [1.82, 2.24) is 24.9 Å². The van der Waals surface area contributed by atoms with Crippen molar-refractivity contribution in [2.24, 2.45) is 0 Å². The third kappa shape index (κ3) is 4.87. The highest BCUT2D eigenvalue weighted by molar-refractivity contribution is 5.82. The summed E-state index contributed by atoms with van der Waals surface area (Å²) < 4.78 is 7.31. The second kappa shape index (κ2) is 10.2. The van der Waals surface area contributed by atoms with Gasteiger partial charge in [0.1, 0.15) is 5.82 Å². The minimum Gasteiger partial charge on any atom is -0.393 e. The molecule has 34 heavy (non-hydrogen) atoms. The van der Waals surface area contributed by atoms with Crippen molar-refractivity contribution in [3.8, 4) is 11.1 Å². The van der Waals surface area contributed by atoms with E-state index in [0.29, 0.717) is 18.5 Å². The summed E-state index contributed by atoms with van der Waals surface area (Å²) in [4.78, 5) is 11.6. The molecule has 2 aliphatic rings. The Balaban J connectivity index is 1.54. The minimum atomic E-state index is -0.189. The lowest BCUT2D eigenvalue weighted by Gasteiger charge is -2.28. The Morgan fingerprint density at radius 2 is 1.97 bits per heavy atom. The summed E-state index contributed by atoms with van der Waals surface area (Å²) in [6.45, 7) is 6.50. The molecule has 5 rings (SSSR count). The molecule has 0 bridgehead atoms. The van der Waals surface area contributed by atoms with Gasteiger partial charge in [-0.05, 0) is 56.4 Å². The zero-order valence-corrected chi connectivity index (χ0v) is 20.1. The molecule has 4 heterocycles. The van der Waals surface area contributed by atoms with Crippen molar-refractivity contribution in [3.63, 3.8) is 0 Å². The molecule has 1 saturated carbocycles. The highest BCUT2D eigenvalue weighted by Crippen LogP contribution is 2.38. The predicted octanol–water partition coefficient (Wildman–Crippen LogP) is 2.67. The van der Waals surface area contributed by atoms with E-state index in [0.717, 1.165) is 74.3 Å². The van der Waals surface area contributed by atoms with Gasteiger partial charge in [0.2, 0.25) is 5.95 Å². The number of pyridine rings is 1. The van der Waals surface area contributed by atoms with Gasteiger partial charge in [0.15, 0.2) is 0 Å². The number of ether oxygens (including phenoxy) is 1. The second-order valence-electron chi connectivity index (χ2n) is 9.51. The minimum absolute atomic E-state index is 0.104. The van der Waals surface area contributed by atoms with Crippen LogP contribution in [0.2, 0.25) is 0 Å². The summed E-state index contributed by atoms with van der Waals surface area (Å²) in [6.07, 6.45) is 7.20. The topological polar surface area (TPSA) is 99.8 Å². The fraction of sp³-hybridized carbons (Fsp3) is 0.560. The number of aliphatic hydroxyl groups is 1. The maximum Gasteiger partial charge on any atom is 0.241 e. The Kier molecular flexibility index (Phi) is 6.94. The number of piperazine rings is 1. The first kappa shape index (κ1) is 23.0. The largest absolute Gasteiger partial charge is 0.393 e. The van der Waals surface area contributed by atoms with Gasteiger partial charge in [-0.1, -0.05) is 0 Å². The van der Waals surface area contributed by atoms with E-state index in [-0.39, 0.29) is 12.1 Å². The predicted molar refractivity (Wildman–Crippen MR) is 133 cm³/mol. The van der Waals surface area contributed by atoms with E-state index in [1.165, 1.54) is 5.69 Å². The molecular formula is C25H35N7O2. The van der Waals surface area contributed by atoms with Crippen LogP contribution in [0, 0.1) is 0 Å². The Labute approximate surface area is 200 Å². The van der Waals surface area contributed by atoms with E-state index in [1.807, 2.05) is 12.4 Å². The third-order valence-electron chi connectivity index (χ3n) is 6.95. The van der Waals surface area contributed by atoms with E-state index in [4.69, 9.17) is 9.84 Å². The van der Waals surface area contributed by atoms with Gasteiger partial charge in [-0.25, -0.2) is 14.5 Å². The highest BCUT2D eigenvalue weighted by atomic mass is 16.5. The molecule has 0 unspecified atom stereocenters. The van der Waals surface area contributed by atoms with Crippen LogP contribution in [0.15, 0.2) is 30.6 Å². The van der Waals surface area contributed by atoms with Crippen molar-refractivity contribution in [3.05, 3.63) is 36.3 Å².